The smallest absolute Gasteiger partial charge is 0.239 e. The van der Waals surface area contributed by atoms with Crippen LogP contribution >= 0.6 is 11.8 Å². The molecule has 1 aromatic carbocycles. The molecule has 3 rings (SSSR count). The van der Waals surface area contributed by atoms with Crippen molar-refractivity contribution in [2.45, 2.75) is 23.9 Å². The van der Waals surface area contributed by atoms with E-state index in [0.717, 1.165) is 12.0 Å². The maximum Gasteiger partial charge on any atom is 0.239 e. The van der Waals surface area contributed by atoms with Gasteiger partial charge in [0.2, 0.25) is 16.5 Å². The summed E-state index contributed by atoms with van der Waals surface area (Å²) in [6.45, 7) is 0.618. The molecule has 0 aliphatic rings. The van der Waals surface area contributed by atoms with E-state index in [1.54, 1.807) is 22.5 Å². The first-order valence-corrected chi connectivity index (χ1v) is 9.98. The number of carbonyl (C=O) groups excluding carboxylic acids is 1. The Balaban J connectivity index is 1.66. The molecule has 0 atom stereocenters. The van der Waals surface area contributed by atoms with Crippen molar-refractivity contribution in [1.82, 2.24) is 30.1 Å². The van der Waals surface area contributed by atoms with Gasteiger partial charge in [-0.1, -0.05) is 42.1 Å². The molecule has 0 aliphatic carbocycles. The second-order valence-corrected chi connectivity index (χ2v) is 7.23. The van der Waals surface area contributed by atoms with Crippen molar-refractivity contribution >= 4 is 17.7 Å². The van der Waals surface area contributed by atoms with Crippen LogP contribution in [0.2, 0.25) is 0 Å². The summed E-state index contributed by atoms with van der Waals surface area (Å²) in [5, 5.41) is 14.8. The molecule has 0 spiro atoms. The normalized spacial score (nSPS) is 10.7. The number of ether oxygens (including phenoxy) is 1. The van der Waals surface area contributed by atoms with Crippen molar-refractivity contribution in [2.75, 3.05) is 13.7 Å². The van der Waals surface area contributed by atoms with Crippen molar-refractivity contribution in [3.05, 3.63) is 64.1 Å². The Morgan fingerprint density at radius 1 is 1.28 bits per heavy atom. The topological polar surface area (TPSA) is 104 Å². The SMILES string of the molecule is COc1cn(CC(=O)NCCc2ccccc2)c(CSc2nnnn2C)cc1=O. The van der Waals surface area contributed by atoms with Gasteiger partial charge in [0.25, 0.3) is 0 Å². The summed E-state index contributed by atoms with van der Waals surface area (Å²) in [6.07, 6.45) is 2.31. The summed E-state index contributed by atoms with van der Waals surface area (Å²) < 4.78 is 8.39. The lowest BCUT2D eigenvalue weighted by atomic mass is 10.1. The van der Waals surface area contributed by atoms with Gasteiger partial charge in [-0.05, 0) is 22.4 Å². The molecule has 0 saturated carbocycles. The van der Waals surface area contributed by atoms with Gasteiger partial charge >= 0.3 is 0 Å². The number of hydrogen-bond acceptors (Lipinski definition) is 7. The fourth-order valence-electron chi connectivity index (χ4n) is 2.70. The number of thioether (sulfide) groups is 1. The molecule has 2 heterocycles. The summed E-state index contributed by atoms with van der Waals surface area (Å²) in [6, 6.07) is 11.4. The Bertz CT molecular complexity index is 1020. The second kappa shape index (κ2) is 9.87. The third kappa shape index (κ3) is 5.67. The van der Waals surface area contributed by atoms with Crippen molar-refractivity contribution in [3.63, 3.8) is 0 Å². The number of nitrogens with zero attached hydrogens (tertiary/aromatic N) is 5. The van der Waals surface area contributed by atoms with Crippen LogP contribution < -0.4 is 15.5 Å². The molecular weight excluding hydrogens is 392 g/mol. The van der Waals surface area contributed by atoms with Crippen molar-refractivity contribution in [3.8, 4) is 5.75 Å². The van der Waals surface area contributed by atoms with Crippen LogP contribution in [0.5, 0.6) is 5.75 Å². The lowest BCUT2D eigenvalue weighted by Crippen LogP contribution is -2.30. The molecule has 0 saturated heterocycles. The van der Waals surface area contributed by atoms with E-state index in [9.17, 15) is 9.59 Å². The van der Waals surface area contributed by atoms with E-state index in [4.69, 9.17) is 4.74 Å². The van der Waals surface area contributed by atoms with Crippen LogP contribution in [0.1, 0.15) is 11.3 Å². The maximum absolute atomic E-state index is 12.4. The predicted octanol–water partition coefficient (Wildman–Crippen LogP) is 1.03. The third-order valence-corrected chi connectivity index (χ3v) is 5.27. The van der Waals surface area contributed by atoms with E-state index in [1.807, 2.05) is 30.3 Å². The van der Waals surface area contributed by atoms with E-state index in [0.29, 0.717) is 23.1 Å². The van der Waals surface area contributed by atoms with Gasteiger partial charge < -0.3 is 14.6 Å². The summed E-state index contributed by atoms with van der Waals surface area (Å²) in [7, 11) is 3.17. The van der Waals surface area contributed by atoms with E-state index in [2.05, 4.69) is 20.8 Å². The summed E-state index contributed by atoms with van der Waals surface area (Å²) in [5.41, 5.74) is 1.61. The summed E-state index contributed by atoms with van der Waals surface area (Å²) >= 11 is 1.38. The van der Waals surface area contributed by atoms with E-state index < -0.39 is 0 Å². The van der Waals surface area contributed by atoms with Crippen LogP contribution in [-0.4, -0.2) is 44.3 Å². The highest BCUT2D eigenvalue weighted by Crippen LogP contribution is 2.19. The number of aromatic nitrogens is 5. The molecule has 0 bridgehead atoms. The number of amides is 1. The number of hydrogen-bond donors (Lipinski definition) is 1. The first-order valence-electron chi connectivity index (χ1n) is 9.00. The lowest BCUT2D eigenvalue weighted by molar-refractivity contribution is -0.121. The second-order valence-electron chi connectivity index (χ2n) is 6.28. The molecular formula is C19H22N6O3S. The minimum absolute atomic E-state index is 0.0817. The van der Waals surface area contributed by atoms with Crippen LogP contribution in [0, 0.1) is 0 Å². The molecule has 1 N–H and O–H groups in total. The average Bonchev–Trinajstić information content (AvgIpc) is 3.13. The van der Waals surface area contributed by atoms with Crippen LogP contribution in [0.4, 0.5) is 0 Å². The van der Waals surface area contributed by atoms with Crippen molar-refractivity contribution in [2.24, 2.45) is 7.05 Å². The highest BCUT2D eigenvalue weighted by Gasteiger charge is 2.12. The Morgan fingerprint density at radius 2 is 2.07 bits per heavy atom. The monoisotopic (exact) mass is 414 g/mol. The standard InChI is InChI=1S/C19H22N6O3S/c1-24-19(21-22-23-24)29-13-15-10-16(26)17(28-2)11-25(15)12-18(27)20-9-8-14-6-4-3-5-7-14/h3-7,10-11H,8-9,12-13H2,1-2H3,(H,20,27). The number of nitrogens with one attached hydrogen (secondary N) is 1. The van der Waals surface area contributed by atoms with Gasteiger partial charge in [0.05, 0.1) is 13.3 Å². The van der Waals surface area contributed by atoms with Crippen molar-refractivity contribution < 1.29 is 9.53 Å². The molecule has 3 aromatic rings. The van der Waals surface area contributed by atoms with Crippen LogP contribution in [0.15, 0.2) is 52.5 Å². The lowest BCUT2D eigenvalue weighted by Gasteiger charge is -2.14. The van der Waals surface area contributed by atoms with Gasteiger partial charge in [0.15, 0.2) is 5.75 Å². The number of aryl methyl sites for hydroxylation is 1. The number of pyridine rings is 1. The third-order valence-electron chi connectivity index (χ3n) is 4.23. The van der Waals surface area contributed by atoms with Crippen LogP contribution in [-0.2, 0) is 30.6 Å². The van der Waals surface area contributed by atoms with Crippen molar-refractivity contribution in [1.29, 1.82) is 0 Å². The van der Waals surface area contributed by atoms with Gasteiger partial charge in [0, 0.05) is 31.1 Å². The summed E-state index contributed by atoms with van der Waals surface area (Å²) in [5.74, 6) is 0.486. The summed E-state index contributed by atoms with van der Waals surface area (Å²) in [4.78, 5) is 24.6. The molecule has 0 unspecified atom stereocenters. The molecule has 10 heteroatoms. The van der Waals surface area contributed by atoms with E-state index in [1.165, 1.54) is 24.9 Å². The fourth-order valence-corrected chi connectivity index (χ4v) is 3.55. The molecule has 29 heavy (non-hydrogen) atoms. The van der Waals surface area contributed by atoms with Gasteiger partial charge in [-0.25, -0.2) is 4.68 Å². The Morgan fingerprint density at radius 3 is 2.76 bits per heavy atom. The Labute approximate surface area is 172 Å². The van der Waals surface area contributed by atoms with Gasteiger partial charge in [-0.2, -0.15) is 0 Å². The van der Waals surface area contributed by atoms with Gasteiger partial charge in [0.1, 0.15) is 6.54 Å². The largest absolute Gasteiger partial charge is 0.491 e. The van der Waals surface area contributed by atoms with Crippen LogP contribution in [0.3, 0.4) is 0 Å². The molecule has 0 aliphatic heterocycles. The Kier molecular flexibility index (Phi) is 7.01. The zero-order valence-electron chi connectivity index (χ0n) is 16.2. The molecule has 0 fully saturated rings. The van der Waals surface area contributed by atoms with Gasteiger partial charge in [-0.3, -0.25) is 9.59 Å². The minimum Gasteiger partial charge on any atom is -0.491 e. The highest BCUT2D eigenvalue weighted by molar-refractivity contribution is 7.98. The molecule has 0 radical (unpaired) electrons. The van der Waals surface area contributed by atoms with Crippen LogP contribution in [0.25, 0.3) is 0 Å². The number of carbonyl (C=O) groups is 1. The number of rotatable bonds is 9. The zero-order chi connectivity index (χ0) is 20.6. The Hall–Kier alpha value is -3.14. The fraction of sp³-hybridized carbons (Fsp3) is 0.316. The molecule has 1 amide bonds. The maximum atomic E-state index is 12.4. The zero-order valence-corrected chi connectivity index (χ0v) is 17.1. The average molecular weight is 414 g/mol. The highest BCUT2D eigenvalue weighted by atomic mass is 32.2. The number of benzene rings is 1. The quantitative estimate of drug-likeness (QED) is 0.522. The van der Waals surface area contributed by atoms with E-state index >= 15 is 0 Å². The van der Waals surface area contributed by atoms with E-state index in [-0.39, 0.29) is 23.6 Å². The first kappa shape index (κ1) is 20.6. The molecule has 9 nitrogen and oxygen atoms in total. The first-order chi connectivity index (χ1) is 14.1. The number of methoxy groups -OCH3 is 1. The number of tetrazole rings is 1. The molecule has 2 aromatic heterocycles. The molecule has 152 valence electrons. The predicted molar refractivity (Wildman–Crippen MR) is 109 cm³/mol. The minimum atomic E-state index is -0.236. The van der Waals surface area contributed by atoms with Gasteiger partial charge in [-0.15, -0.1) is 5.10 Å².